The second-order valence-corrected chi connectivity index (χ2v) is 6.56. The monoisotopic (exact) mass is 284 g/mol. The van der Waals surface area contributed by atoms with E-state index in [1.165, 1.54) is 0 Å². The van der Waals surface area contributed by atoms with E-state index in [-0.39, 0.29) is 17.1 Å². The third-order valence-corrected chi connectivity index (χ3v) is 4.14. The van der Waals surface area contributed by atoms with Crippen LogP contribution in [0, 0.1) is 5.41 Å². The second kappa shape index (κ2) is 5.02. The van der Waals surface area contributed by atoms with E-state index in [1.807, 2.05) is 17.0 Å². The predicted octanol–water partition coefficient (Wildman–Crippen LogP) is 3.20. The molecule has 1 saturated heterocycles. The first-order chi connectivity index (χ1) is 9.96. The van der Waals surface area contributed by atoms with Crippen molar-refractivity contribution in [3.63, 3.8) is 0 Å². The molecule has 2 aromatic rings. The number of likely N-dealkylation sites (tertiary alicyclic amines) is 1. The molecule has 0 saturated carbocycles. The lowest BCUT2D eigenvalue weighted by molar-refractivity contribution is 0.0580. The molecule has 1 amide bonds. The summed E-state index contributed by atoms with van der Waals surface area (Å²) < 4.78 is 0. The van der Waals surface area contributed by atoms with Gasteiger partial charge in [-0.05, 0) is 36.5 Å². The number of hydrogen-bond donors (Lipinski definition) is 1. The summed E-state index contributed by atoms with van der Waals surface area (Å²) in [6.07, 6.45) is 3.82. The van der Waals surface area contributed by atoms with Crippen molar-refractivity contribution in [2.45, 2.75) is 26.7 Å². The Kier molecular flexibility index (Phi) is 3.32. The number of benzene rings is 1. The Bertz CT molecular complexity index is 694. The number of aromatic nitrogens is 1. The largest absolute Gasteiger partial charge is 0.507 e. The van der Waals surface area contributed by atoms with Gasteiger partial charge in [0.2, 0.25) is 0 Å². The van der Waals surface area contributed by atoms with E-state index in [0.29, 0.717) is 5.56 Å². The molecule has 4 nitrogen and oxygen atoms in total. The summed E-state index contributed by atoms with van der Waals surface area (Å²) in [7, 11) is 0. The molecule has 1 aliphatic rings. The minimum Gasteiger partial charge on any atom is -0.507 e. The van der Waals surface area contributed by atoms with Crippen LogP contribution in [-0.2, 0) is 0 Å². The summed E-state index contributed by atoms with van der Waals surface area (Å²) >= 11 is 0. The van der Waals surface area contributed by atoms with E-state index in [9.17, 15) is 9.90 Å². The fourth-order valence-electron chi connectivity index (χ4n) is 3.05. The molecule has 1 N–H and O–H groups in total. The van der Waals surface area contributed by atoms with Crippen LogP contribution < -0.4 is 0 Å². The van der Waals surface area contributed by atoms with Crippen molar-refractivity contribution < 1.29 is 9.90 Å². The lowest BCUT2D eigenvalue weighted by atomic mass is 9.84. The van der Waals surface area contributed by atoms with Crippen molar-refractivity contribution in [2.24, 2.45) is 5.41 Å². The van der Waals surface area contributed by atoms with Gasteiger partial charge in [0, 0.05) is 24.7 Å². The summed E-state index contributed by atoms with van der Waals surface area (Å²) in [5, 5.41) is 11.0. The van der Waals surface area contributed by atoms with E-state index >= 15 is 0 Å². The highest BCUT2D eigenvalue weighted by molar-refractivity contribution is 6.00. The Morgan fingerprint density at radius 3 is 2.95 bits per heavy atom. The molecule has 1 aromatic heterocycles. The molecule has 110 valence electrons. The van der Waals surface area contributed by atoms with Crippen LogP contribution in [0.15, 0.2) is 30.5 Å². The van der Waals surface area contributed by atoms with Crippen molar-refractivity contribution in [1.29, 1.82) is 0 Å². The molecule has 0 aliphatic carbocycles. The summed E-state index contributed by atoms with van der Waals surface area (Å²) in [6, 6.07) is 7.00. The molecule has 0 radical (unpaired) electrons. The Morgan fingerprint density at radius 1 is 1.38 bits per heavy atom. The fourth-order valence-corrected chi connectivity index (χ4v) is 3.05. The average Bonchev–Trinajstić information content (AvgIpc) is 2.44. The number of nitrogens with zero attached hydrogens (tertiary/aromatic N) is 2. The molecule has 0 atom stereocenters. The van der Waals surface area contributed by atoms with Crippen molar-refractivity contribution in [2.75, 3.05) is 13.1 Å². The van der Waals surface area contributed by atoms with Crippen LogP contribution in [0.1, 0.15) is 37.0 Å². The van der Waals surface area contributed by atoms with Crippen LogP contribution in [0.3, 0.4) is 0 Å². The molecule has 1 fully saturated rings. The highest BCUT2D eigenvalue weighted by Gasteiger charge is 2.30. The summed E-state index contributed by atoms with van der Waals surface area (Å²) in [5.74, 6) is -0.0725. The Hall–Kier alpha value is -2.10. The number of carbonyl (C=O) groups excluding carboxylic acids is 1. The maximum Gasteiger partial charge on any atom is 0.257 e. The van der Waals surface area contributed by atoms with Gasteiger partial charge >= 0.3 is 0 Å². The van der Waals surface area contributed by atoms with Gasteiger partial charge in [0.05, 0.1) is 11.1 Å². The standard InChI is InChI=1S/C17H20N2O2/c1-17(2)6-4-8-19(11-17)16(21)13-10-14-12(9-15(13)20)5-3-7-18-14/h3,5,7,9-10,20H,4,6,8,11H2,1-2H3. The zero-order valence-corrected chi connectivity index (χ0v) is 12.5. The van der Waals surface area contributed by atoms with Gasteiger partial charge in [-0.2, -0.15) is 0 Å². The minimum atomic E-state index is -0.104. The fraction of sp³-hybridized carbons (Fsp3) is 0.412. The number of hydrogen-bond acceptors (Lipinski definition) is 3. The molecule has 0 spiro atoms. The van der Waals surface area contributed by atoms with Crippen LogP contribution >= 0.6 is 0 Å². The number of rotatable bonds is 1. The first-order valence-corrected chi connectivity index (χ1v) is 7.33. The quantitative estimate of drug-likeness (QED) is 0.875. The zero-order valence-electron chi connectivity index (χ0n) is 12.5. The molecule has 2 heterocycles. The smallest absolute Gasteiger partial charge is 0.257 e. The van der Waals surface area contributed by atoms with Crippen LogP contribution in [-0.4, -0.2) is 34.0 Å². The van der Waals surface area contributed by atoms with Crippen LogP contribution in [0.4, 0.5) is 0 Å². The Labute approximate surface area is 124 Å². The molecular formula is C17H20N2O2. The van der Waals surface area contributed by atoms with Crippen LogP contribution in [0.25, 0.3) is 10.9 Å². The number of carbonyl (C=O) groups is 1. The molecule has 21 heavy (non-hydrogen) atoms. The number of phenolic OH excluding ortho intramolecular Hbond substituents is 1. The van der Waals surface area contributed by atoms with Gasteiger partial charge in [-0.1, -0.05) is 19.9 Å². The van der Waals surface area contributed by atoms with Gasteiger partial charge in [0.1, 0.15) is 5.75 Å². The first kappa shape index (κ1) is 13.9. The Morgan fingerprint density at radius 2 is 2.19 bits per heavy atom. The van der Waals surface area contributed by atoms with E-state index in [1.54, 1.807) is 18.3 Å². The number of fused-ring (bicyclic) bond motifs is 1. The summed E-state index contributed by atoms with van der Waals surface area (Å²) in [6.45, 7) is 5.83. The third kappa shape index (κ3) is 2.71. The maximum absolute atomic E-state index is 12.7. The molecule has 1 aromatic carbocycles. The van der Waals surface area contributed by atoms with Crippen molar-refractivity contribution in [3.05, 3.63) is 36.0 Å². The molecule has 4 heteroatoms. The van der Waals surface area contributed by atoms with Crippen molar-refractivity contribution >= 4 is 16.8 Å². The number of pyridine rings is 1. The van der Waals surface area contributed by atoms with E-state index < -0.39 is 0 Å². The van der Waals surface area contributed by atoms with Gasteiger partial charge in [0.15, 0.2) is 0 Å². The summed E-state index contributed by atoms with van der Waals surface area (Å²) in [4.78, 5) is 18.8. The molecule has 0 bridgehead atoms. The Balaban J connectivity index is 1.96. The molecule has 1 aliphatic heterocycles. The maximum atomic E-state index is 12.7. The van der Waals surface area contributed by atoms with Crippen LogP contribution in [0.5, 0.6) is 5.75 Å². The van der Waals surface area contributed by atoms with Gasteiger partial charge in [-0.25, -0.2) is 0 Å². The number of piperidine rings is 1. The second-order valence-electron chi connectivity index (χ2n) is 6.56. The van der Waals surface area contributed by atoms with E-state index in [0.717, 1.165) is 36.8 Å². The van der Waals surface area contributed by atoms with Gasteiger partial charge in [-0.15, -0.1) is 0 Å². The average molecular weight is 284 g/mol. The van der Waals surface area contributed by atoms with E-state index in [4.69, 9.17) is 0 Å². The SMILES string of the molecule is CC1(C)CCCN(C(=O)c2cc3ncccc3cc2O)C1. The van der Waals surface area contributed by atoms with E-state index in [2.05, 4.69) is 18.8 Å². The minimum absolute atomic E-state index is 0.0314. The lowest BCUT2D eigenvalue weighted by Crippen LogP contribution is -2.43. The topological polar surface area (TPSA) is 53.4 Å². The zero-order chi connectivity index (χ0) is 15.0. The van der Waals surface area contributed by atoms with Crippen molar-refractivity contribution in [1.82, 2.24) is 9.88 Å². The highest BCUT2D eigenvalue weighted by Crippen LogP contribution is 2.31. The molecule has 3 rings (SSSR count). The normalized spacial score (nSPS) is 17.9. The molecular weight excluding hydrogens is 264 g/mol. The number of phenols is 1. The highest BCUT2D eigenvalue weighted by atomic mass is 16.3. The van der Waals surface area contributed by atoms with Crippen molar-refractivity contribution in [3.8, 4) is 5.75 Å². The van der Waals surface area contributed by atoms with Gasteiger partial charge < -0.3 is 10.0 Å². The predicted molar refractivity (Wildman–Crippen MR) is 82.3 cm³/mol. The molecule has 0 unspecified atom stereocenters. The first-order valence-electron chi connectivity index (χ1n) is 7.33. The van der Waals surface area contributed by atoms with Gasteiger partial charge in [0.25, 0.3) is 5.91 Å². The number of aromatic hydroxyl groups is 1. The van der Waals surface area contributed by atoms with Gasteiger partial charge in [-0.3, -0.25) is 9.78 Å². The lowest BCUT2D eigenvalue weighted by Gasteiger charge is -2.38. The summed E-state index contributed by atoms with van der Waals surface area (Å²) in [5.41, 5.74) is 1.22. The number of amides is 1. The van der Waals surface area contributed by atoms with Crippen LogP contribution in [0.2, 0.25) is 0 Å². The third-order valence-electron chi connectivity index (χ3n) is 4.14.